The van der Waals surface area contributed by atoms with Gasteiger partial charge in [-0.25, -0.2) is 8.42 Å². The summed E-state index contributed by atoms with van der Waals surface area (Å²) in [6.45, 7) is 0. The van der Waals surface area contributed by atoms with Crippen molar-refractivity contribution in [3.05, 3.63) is 83.6 Å². The summed E-state index contributed by atoms with van der Waals surface area (Å²) in [6, 6.07) is 7.06. The summed E-state index contributed by atoms with van der Waals surface area (Å²) < 4.78 is 150. The molecule has 4 rings (SSSR count). The molecule has 196 valence electrons. The minimum Gasteiger partial charge on any atom is -0.456 e. The van der Waals surface area contributed by atoms with Gasteiger partial charge in [-0.3, -0.25) is 0 Å². The Bertz CT molecular complexity index is 1530. The molecule has 1 aromatic heterocycles. The van der Waals surface area contributed by atoms with E-state index in [1.807, 2.05) is 0 Å². The zero-order valence-electron chi connectivity index (χ0n) is 17.9. The van der Waals surface area contributed by atoms with Gasteiger partial charge in [0, 0.05) is 17.1 Å². The highest BCUT2D eigenvalue weighted by molar-refractivity contribution is 7.91. The summed E-state index contributed by atoms with van der Waals surface area (Å²) in [6.07, 6.45) is -14.1. The monoisotopic (exact) mass is 553 g/mol. The standard InChI is InChI=1S/C23H12F9NO3S/c24-21(25,26)12-4-7-14(8-5-12)37(34,35)19-11-33-18-9-6-13(10-15(18)19)36-20-16(22(27,28)29)2-1-3-17(20)23(30,31)32/h1-11,33H. The minimum absolute atomic E-state index is 0.123. The van der Waals surface area contributed by atoms with Crippen LogP contribution in [0.1, 0.15) is 16.7 Å². The van der Waals surface area contributed by atoms with Gasteiger partial charge < -0.3 is 9.72 Å². The van der Waals surface area contributed by atoms with E-state index in [0.717, 1.165) is 30.5 Å². The predicted octanol–water partition coefficient (Wildman–Crippen LogP) is 7.85. The molecule has 1 N–H and O–H groups in total. The van der Waals surface area contributed by atoms with Crippen LogP contribution in [0.15, 0.2) is 76.7 Å². The quantitative estimate of drug-likeness (QED) is 0.262. The minimum atomic E-state index is -5.20. The molecule has 1 heterocycles. The highest BCUT2D eigenvalue weighted by atomic mass is 32.2. The molecule has 0 aliphatic carbocycles. The molecular weight excluding hydrogens is 541 g/mol. The number of ether oxygens (including phenoxy) is 1. The molecule has 0 atom stereocenters. The smallest absolute Gasteiger partial charge is 0.420 e. The summed E-state index contributed by atoms with van der Waals surface area (Å²) >= 11 is 0. The Balaban J connectivity index is 1.80. The highest BCUT2D eigenvalue weighted by Crippen LogP contribution is 2.46. The summed E-state index contributed by atoms with van der Waals surface area (Å²) in [7, 11) is -4.45. The van der Waals surface area contributed by atoms with Crippen LogP contribution < -0.4 is 4.74 Å². The van der Waals surface area contributed by atoms with Crippen LogP contribution in [0.25, 0.3) is 10.9 Å². The fourth-order valence-electron chi connectivity index (χ4n) is 3.52. The van der Waals surface area contributed by atoms with Crippen molar-refractivity contribution < 1.29 is 52.7 Å². The van der Waals surface area contributed by atoms with Crippen molar-refractivity contribution in [3.8, 4) is 11.5 Å². The number of halogens is 9. The lowest BCUT2D eigenvalue weighted by molar-refractivity contribution is -0.145. The van der Waals surface area contributed by atoms with Gasteiger partial charge in [-0.1, -0.05) is 6.07 Å². The number of rotatable bonds is 4. The average molecular weight is 553 g/mol. The third-order valence-electron chi connectivity index (χ3n) is 5.24. The molecule has 4 nitrogen and oxygen atoms in total. The van der Waals surface area contributed by atoms with Gasteiger partial charge in [0.1, 0.15) is 5.75 Å². The van der Waals surface area contributed by atoms with Gasteiger partial charge in [-0.15, -0.1) is 0 Å². The van der Waals surface area contributed by atoms with Gasteiger partial charge in [-0.2, -0.15) is 39.5 Å². The lowest BCUT2D eigenvalue weighted by Crippen LogP contribution is -2.13. The lowest BCUT2D eigenvalue weighted by Gasteiger charge is -2.19. The molecule has 0 aliphatic heterocycles. The number of benzene rings is 3. The van der Waals surface area contributed by atoms with Crippen LogP contribution in [-0.2, 0) is 28.4 Å². The molecule has 0 amide bonds. The largest absolute Gasteiger partial charge is 0.456 e. The number of fused-ring (bicyclic) bond motifs is 1. The van der Waals surface area contributed by atoms with Crippen molar-refractivity contribution in [1.29, 1.82) is 0 Å². The normalized spacial score (nSPS) is 13.2. The molecule has 3 aromatic carbocycles. The van der Waals surface area contributed by atoms with Crippen molar-refractivity contribution >= 4 is 20.7 Å². The van der Waals surface area contributed by atoms with E-state index >= 15 is 0 Å². The summed E-state index contributed by atoms with van der Waals surface area (Å²) in [4.78, 5) is 1.59. The van der Waals surface area contributed by atoms with Crippen molar-refractivity contribution in [3.63, 3.8) is 0 Å². The van der Waals surface area contributed by atoms with Gasteiger partial charge in [-0.05, 0) is 54.6 Å². The molecule has 37 heavy (non-hydrogen) atoms. The molecule has 0 spiro atoms. The number of sulfone groups is 1. The van der Waals surface area contributed by atoms with E-state index < -0.39 is 66.3 Å². The van der Waals surface area contributed by atoms with E-state index in [1.54, 1.807) is 0 Å². The number of aromatic amines is 1. The van der Waals surface area contributed by atoms with Gasteiger partial charge in [0.2, 0.25) is 9.84 Å². The van der Waals surface area contributed by atoms with Crippen LogP contribution in [0.4, 0.5) is 39.5 Å². The van der Waals surface area contributed by atoms with Crippen LogP contribution in [0.5, 0.6) is 11.5 Å². The fraction of sp³-hybridized carbons (Fsp3) is 0.130. The van der Waals surface area contributed by atoms with E-state index in [1.165, 1.54) is 6.07 Å². The van der Waals surface area contributed by atoms with Gasteiger partial charge in [0.15, 0.2) is 5.75 Å². The topological polar surface area (TPSA) is 59.2 Å². The molecule has 0 bridgehead atoms. The van der Waals surface area contributed by atoms with E-state index in [-0.39, 0.29) is 10.9 Å². The van der Waals surface area contributed by atoms with Crippen molar-refractivity contribution in [2.75, 3.05) is 0 Å². The number of alkyl halides is 9. The zero-order valence-corrected chi connectivity index (χ0v) is 18.7. The first-order valence-corrected chi connectivity index (χ1v) is 11.5. The SMILES string of the molecule is O=S(=O)(c1ccc(C(F)(F)F)cc1)c1c[nH]c2ccc(Oc3c(C(F)(F)F)cccc3C(F)(F)F)cc12. The highest BCUT2D eigenvalue weighted by Gasteiger charge is 2.42. The molecular formula is C23H12F9NO3S. The first kappa shape index (κ1) is 26.4. The molecule has 0 fully saturated rings. The van der Waals surface area contributed by atoms with E-state index in [0.29, 0.717) is 30.3 Å². The Morgan fingerprint density at radius 3 is 1.78 bits per heavy atom. The molecule has 14 heteroatoms. The summed E-state index contributed by atoms with van der Waals surface area (Å²) in [5.74, 6) is -2.07. The van der Waals surface area contributed by atoms with Crippen LogP contribution in [-0.4, -0.2) is 13.4 Å². The van der Waals surface area contributed by atoms with Crippen LogP contribution in [0, 0.1) is 0 Å². The van der Waals surface area contributed by atoms with Crippen molar-refractivity contribution in [1.82, 2.24) is 4.98 Å². The van der Waals surface area contributed by atoms with E-state index in [2.05, 4.69) is 4.98 Å². The molecule has 0 saturated carbocycles. The molecule has 0 unspecified atom stereocenters. The molecule has 4 aromatic rings. The number of hydrogen-bond donors (Lipinski definition) is 1. The van der Waals surface area contributed by atoms with Crippen LogP contribution in [0.2, 0.25) is 0 Å². The van der Waals surface area contributed by atoms with Gasteiger partial charge >= 0.3 is 18.5 Å². The average Bonchev–Trinajstić information content (AvgIpc) is 3.21. The number of H-pyrrole nitrogens is 1. The Morgan fingerprint density at radius 1 is 0.703 bits per heavy atom. The zero-order chi connectivity index (χ0) is 27.4. The Labute approximate surface area is 202 Å². The van der Waals surface area contributed by atoms with Crippen molar-refractivity contribution in [2.24, 2.45) is 0 Å². The Hall–Kier alpha value is -3.68. The molecule has 0 radical (unpaired) electrons. The fourth-order valence-corrected chi connectivity index (χ4v) is 4.94. The van der Waals surface area contributed by atoms with Crippen LogP contribution >= 0.6 is 0 Å². The second-order valence-electron chi connectivity index (χ2n) is 7.67. The second kappa shape index (κ2) is 8.71. The molecule has 0 aliphatic rings. The van der Waals surface area contributed by atoms with E-state index in [4.69, 9.17) is 4.74 Å². The number of aromatic nitrogens is 1. The summed E-state index contributed by atoms with van der Waals surface area (Å²) in [5, 5.41) is -0.171. The second-order valence-corrected chi connectivity index (χ2v) is 9.58. The maximum atomic E-state index is 13.4. The summed E-state index contributed by atoms with van der Waals surface area (Å²) in [5.41, 5.74) is -4.37. The predicted molar refractivity (Wildman–Crippen MR) is 112 cm³/mol. The number of para-hydroxylation sites is 1. The Morgan fingerprint density at radius 2 is 1.27 bits per heavy atom. The maximum Gasteiger partial charge on any atom is 0.420 e. The number of nitrogens with one attached hydrogen (secondary N) is 1. The third-order valence-corrected chi connectivity index (χ3v) is 7.05. The Kier molecular flexibility index (Phi) is 6.21. The maximum absolute atomic E-state index is 13.4. The van der Waals surface area contributed by atoms with Crippen LogP contribution in [0.3, 0.4) is 0 Å². The third kappa shape index (κ3) is 5.10. The van der Waals surface area contributed by atoms with Gasteiger partial charge in [0.25, 0.3) is 0 Å². The lowest BCUT2D eigenvalue weighted by atomic mass is 10.1. The first-order chi connectivity index (χ1) is 17.0. The number of hydrogen-bond acceptors (Lipinski definition) is 3. The van der Waals surface area contributed by atoms with E-state index in [9.17, 15) is 47.9 Å². The first-order valence-electron chi connectivity index (χ1n) is 9.98. The van der Waals surface area contributed by atoms with Gasteiger partial charge in [0.05, 0.1) is 26.5 Å². The van der Waals surface area contributed by atoms with Crippen molar-refractivity contribution in [2.45, 2.75) is 28.3 Å². The molecule has 0 saturated heterocycles.